The van der Waals surface area contributed by atoms with Crippen LogP contribution in [-0.4, -0.2) is 10.1 Å². The van der Waals surface area contributed by atoms with Gasteiger partial charge in [-0.05, 0) is 42.5 Å². The van der Waals surface area contributed by atoms with E-state index in [1.165, 1.54) is 0 Å². The molecule has 3 rings (SSSR count). The van der Waals surface area contributed by atoms with Crippen LogP contribution in [0.5, 0.6) is 11.5 Å². The third kappa shape index (κ3) is 2.43. The summed E-state index contributed by atoms with van der Waals surface area (Å²) in [6.45, 7) is -0.0188. The maximum atomic E-state index is 9.16. The molecule has 0 saturated carbocycles. The minimum atomic E-state index is -0.0188. The van der Waals surface area contributed by atoms with E-state index in [-0.39, 0.29) is 6.61 Å². The second-order valence-electron chi connectivity index (χ2n) is 4.23. The number of aromatic amines is 1. The molecule has 1 aromatic heterocycles. The Morgan fingerprint density at radius 1 is 1.11 bits per heavy atom. The summed E-state index contributed by atoms with van der Waals surface area (Å²) in [5.74, 6) is 1.47. The van der Waals surface area contributed by atoms with E-state index in [4.69, 9.17) is 21.4 Å². The largest absolute Gasteiger partial charge is 0.457 e. The van der Waals surface area contributed by atoms with Crippen LogP contribution in [0.2, 0.25) is 5.02 Å². The number of rotatable bonds is 3. The number of aliphatic hydroxyl groups is 1. The summed E-state index contributed by atoms with van der Waals surface area (Å²) in [5.41, 5.74) is 1.71. The second kappa shape index (κ2) is 4.96. The van der Waals surface area contributed by atoms with Crippen molar-refractivity contribution in [1.29, 1.82) is 0 Å². The Morgan fingerprint density at radius 3 is 2.63 bits per heavy atom. The third-order valence-electron chi connectivity index (χ3n) is 2.89. The zero-order valence-corrected chi connectivity index (χ0v) is 10.8. The number of fused-ring (bicyclic) bond motifs is 1. The van der Waals surface area contributed by atoms with Crippen LogP contribution in [-0.2, 0) is 6.61 Å². The minimum absolute atomic E-state index is 0.0188. The molecule has 0 unspecified atom stereocenters. The quantitative estimate of drug-likeness (QED) is 0.754. The van der Waals surface area contributed by atoms with Crippen molar-refractivity contribution in [2.24, 2.45) is 0 Å². The van der Waals surface area contributed by atoms with Gasteiger partial charge in [0.05, 0.1) is 6.61 Å². The molecule has 2 aromatic carbocycles. The highest BCUT2D eigenvalue weighted by Gasteiger charge is 2.06. The van der Waals surface area contributed by atoms with Crippen LogP contribution in [0.25, 0.3) is 10.9 Å². The fraction of sp³-hybridized carbons (Fsp3) is 0.0667. The summed E-state index contributed by atoms with van der Waals surface area (Å²) in [6.07, 6.45) is 0. The van der Waals surface area contributed by atoms with Gasteiger partial charge in [0.25, 0.3) is 0 Å². The van der Waals surface area contributed by atoms with Crippen LogP contribution in [0.15, 0.2) is 48.5 Å². The molecule has 96 valence electrons. The van der Waals surface area contributed by atoms with Gasteiger partial charge in [0.15, 0.2) is 0 Å². The number of ether oxygens (including phenoxy) is 1. The van der Waals surface area contributed by atoms with E-state index >= 15 is 0 Å². The summed E-state index contributed by atoms with van der Waals surface area (Å²) in [5, 5.41) is 10.8. The smallest absolute Gasteiger partial charge is 0.136 e. The number of H-pyrrole nitrogens is 1. The number of aromatic nitrogens is 1. The first-order valence-electron chi connectivity index (χ1n) is 5.91. The summed E-state index contributed by atoms with van der Waals surface area (Å²) >= 11 is 5.84. The molecule has 0 radical (unpaired) electrons. The molecule has 3 aromatic rings. The molecule has 3 nitrogen and oxygen atoms in total. The van der Waals surface area contributed by atoms with Crippen molar-refractivity contribution in [2.45, 2.75) is 6.61 Å². The lowest BCUT2D eigenvalue weighted by molar-refractivity contribution is 0.278. The Kier molecular flexibility index (Phi) is 3.15. The maximum absolute atomic E-state index is 9.16. The number of nitrogens with one attached hydrogen (secondary N) is 1. The van der Waals surface area contributed by atoms with Gasteiger partial charge in [-0.2, -0.15) is 0 Å². The average Bonchev–Trinajstić information content (AvgIpc) is 2.85. The molecule has 0 aliphatic heterocycles. The molecule has 1 heterocycles. The van der Waals surface area contributed by atoms with Gasteiger partial charge in [0, 0.05) is 21.6 Å². The van der Waals surface area contributed by atoms with E-state index < -0.39 is 0 Å². The molecule has 0 aliphatic carbocycles. The van der Waals surface area contributed by atoms with Crippen molar-refractivity contribution in [3.8, 4) is 11.5 Å². The Morgan fingerprint density at radius 2 is 1.89 bits per heavy atom. The predicted octanol–water partition coefficient (Wildman–Crippen LogP) is 4.11. The van der Waals surface area contributed by atoms with Gasteiger partial charge in [-0.3, -0.25) is 0 Å². The van der Waals surface area contributed by atoms with Crippen LogP contribution in [0.3, 0.4) is 0 Å². The SMILES string of the molecule is OCc1cc2c(Oc3ccc(Cl)cc3)cccc2[nH]1. The Hall–Kier alpha value is -1.97. The number of halogens is 1. The van der Waals surface area contributed by atoms with E-state index in [9.17, 15) is 0 Å². The van der Waals surface area contributed by atoms with E-state index in [2.05, 4.69) is 4.98 Å². The standard InChI is InChI=1S/C15H12ClNO2/c16-10-4-6-12(7-5-10)19-15-3-1-2-14-13(15)8-11(9-18)17-14/h1-8,17-18H,9H2. The maximum Gasteiger partial charge on any atom is 0.136 e. The summed E-state index contributed by atoms with van der Waals surface area (Å²) in [6, 6.07) is 14.9. The highest BCUT2D eigenvalue weighted by atomic mass is 35.5. The van der Waals surface area contributed by atoms with Gasteiger partial charge >= 0.3 is 0 Å². The molecule has 0 bridgehead atoms. The number of hydrogen-bond acceptors (Lipinski definition) is 2. The lowest BCUT2D eigenvalue weighted by atomic mass is 10.2. The summed E-state index contributed by atoms with van der Waals surface area (Å²) in [4.78, 5) is 3.13. The highest BCUT2D eigenvalue weighted by Crippen LogP contribution is 2.30. The molecule has 0 atom stereocenters. The minimum Gasteiger partial charge on any atom is -0.457 e. The van der Waals surface area contributed by atoms with Gasteiger partial charge in [-0.15, -0.1) is 0 Å². The molecule has 2 N–H and O–H groups in total. The third-order valence-corrected chi connectivity index (χ3v) is 3.14. The van der Waals surface area contributed by atoms with Gasteiger partial charge in [-0.25, -0.2) is 0 Å². The molecule has 0 aliphatic rings. The van der Waals surface area contributed by atoms with Crippen molar-refractivity contribution in [1.82, 2.24) is 4.98 Å². The van der Waals surface area contributed by atoms with Crippen molar-refractivity contribution < 1.29 is 9.84 Å². The van der Waals surface area contributed by atoms with Crippen molar-refractivity contribution in [2.75, 3.05) is 0 Å². The van der Waals surface area contributed by atoms with Gasteiger partial charge in [-0.1, -0.05) is 17.7 Å². The van der Waals surface area contributed by atoms with Crippen molar-refractivity contribution >= 4 is 22.5 Å². The lowest BCUT2D eigenvalue weighted by Crippen LogP contribution is -1.84. The van der Waals surface area contributed by atoms with E-state index in [1.807, 2.05) is 36.4 Å². The fourth-order valence-electron chi connectivity index (χ4n) is 1.99. The van der Waals surface area contributed by atoms with E-state index in [0.717, 1.165) is 28.1 Å². The van der Waals surface area contributed by atoms with E-state index in [0.29, 0.717) is 5.02 Å². The lowest BCUT2D eigenvalue weighted by Gasteiger charge is -2.06. The van der Waals surface area contributed by atoms with Crippen molar-refractivity contribution in [3.05, 3.63) is 59.2 Å². The van der Waals surface area contributed by atoms with Crippen LogP contribution in [0.1, 0.15) is 5.69 Å². The van der Waals surface area contributed by atoms with Crippen LogP contribution in [0, 0.1) is 0 Å². The molecular formula is C15H12ClNO2. The molecule has 19 heavy (non-hydrogen) atoms. The highest BCUT2D eigenvalue weighted by molar-refractivity contribution is 6.30. The predicted molar refractivity (Wildman–Crippen MR) is 75.7 cm³/mol. The average molecular weight is 274 g/mol. The molecular weight excluding hydrogens is 262 g/mol. The molecule has 4 heteroatoms. The number of aliphatic hydroxyl groups excluding tert-OH is 1. The Labute approximate surface area is 115 Å². The van der Waals surface area contributed by atoms with Gasteiger partial charge in [0.2, 0.25) is 0 Å². The Balaban J connectivity index is 2.00. The Bertz CT molecular complexity index is 704. The first-order chi connectivity index (χ1) is 9.26. The van der Waals surface area contributed by atoms with Crippen LogP contribution < -0.4 is 4.74 Å². The van der Waals surface area contributed by atoms with Crippen LogP contribution >= 0.6 is 11.6 Å². The number of hydrogen-bond donors (Lipinski definition) is 2. The summed E-state index contributed by atoms with van der Waals surface area (Å²) < 4.78 is 5.84. The van der Waals surface area contributed by atoms with E-state index in [1.54, 1.807) is 12.1 Å². The first kappa shape index (κ1) is 12.1. The van der Waals surface area contributed by atoms with Crippen molar-refractivity contribution in [3.63, 3.8) is 0 Å². The number of benzene rings is 2. The zero-order chi connectivity index (χ0) is 13.2. The second-order valence-corrected chi connectivity index (χ2v) is 4.66. The first-order valence-corrected chi connectivity index (χ1v) is 6.29. The molecule has 0 spiro atoms. The fourth-order valence-corrected chi connectivity index (χ4v) is 2.11. The topological polar surface area (TPSA) is 45.2 Å². The molecule has 0 saturated heterocycles. The summed E-state index contributed by atoms with van der Waals surface area (Å²) in [7, 11) is 0. The normalized spacial score (nSPS) is 10.8. The zero-order valence-electron chi connectivity index (χ0n) is 10.1. The monoisotopic (exact) mass is 273 g/mol. The van der Waals surface area contributed by atoms with Gasteiger partial charge in [0.1, 0.15) is 11.5 Å². The van der Waals surface area contributed by atoms with Crippen LogP contribution in [0.4, 0.5) is 0 Å². The van der Waals surface area contributed by atoms with Gasteiger partial charge < -0.3 is 14.8 Å². The molecule has 0 fully saturated rings. The molecule has 0 amide bonds.